The van der Waals surface area contributed by atoms with E-state index in [1.807, 2.05) is 6.07 Å². The lowest BCUT2D eigenvalue weighted by Gasteiger charge is -2.02. The van der Waals surface area contributed by atoms with Crippen LogP contribution in [0, 0.1) is 18.3 Å². The van der Waals surface area contributed by atoms with Gasteiger partial charge in [-0.05, 0) is 6.92 Å². The van der Waals surface area contributed by atoms with Crippen LogP contribution in [0.5, 0.6) is 0 Å². The van der Waals surface area contributed by atoms with Crippen LogP contribution in [0.25, 0.3) is 0 Å². The lowest BCUT2D eigenvalue weighted by atomic mass is 10.4. The van der Waals surface area contributed by atoms with Gasteiger partial charge in [0.15, 0.2) is 5.89 Å². The van der Waals surface area contributed by atoms with E-state index >= 15 is 0 Å². The molecule has 1 aromatic rings. The molecule has 0 atom stereocenters. The molecule has 0 amide bonds. The molecule has 1 aromatic heterocycles. The first-order valence-electron chi connectivity index (χ1n) is 4.94. The Morgan fingerprint density at radius 2 is 2.44 bits per heavy atom. The SMILES string of the molecule is CCOC(=O)CCNc1oc(C)nc1C#N. The highest BCUT2D eigenvalue weighted by Gasteiger charge is 2.10. The van der Waals surface area contributed by atoms with E-state index in [0.29, 0.717) is 24.9 Å². The van der Waals surface area contributed by atoms with Crippen molar-refractivity contribution in [3.63, 3.8) is 0 Å². The van der Waals surface area contributed by atoms with Gasteiger partial charge in [0.25, 0.3) is 0 Å². The van der Waals surface area contributed by atoms with Gasteiger partial charge in [0.2, 0.25) is 11.6 Å². The quantitative estimate of drug-likeness (QED) is 0.755. The maximum atomic E-state index is 11.0. The van der Waals surface area contributed by atoms with Crippen LogP contribution in [0.3, 0.4) is 0 Å². The zero-order chi connectivity index (χ0) is 12.0. The molecule has 0 fully saturated rings. The summed E-state index contributed by atoms with van der Waals surface area (Å²) in [6.45, 7) is 4.11. The van der Waals surface area contributed by atoms with Crippen molar-refractivity contribution in [1.82, 2.24) is 4.98 Å². The van der Waals surface area contributed by atoms with Crippen molar-refractivity contribution in [1.29, 1.82) is 5.26 Å². The van der Waals surface area contributed by atoms with E-state index in [2.05, 4.69) is 10.3 Å². The van der Waals surface area contributed by atoms with Gasteiger partial charge in [-0.25, -0.2) is 4.98 Å². The molecule has 0 aromatic carbocycles. The largest absolute Gasteiger partial charge is 0.466 e. The van der Waals surface area contributed by atoms with E-state index in [1.165, 1.54) is 0 Å². The Kier molecular flexibility index (Phi) is 4.33. The van der Waals surface area contributed by atoms with E-state index in [-0.39, 0.29) is 18.1 Å². The van der Waals surface area contributed by atoms with Crippen LogP contribution in [0.15, 0.2) is 4.42 Å². The zero-order valence-electron chi connectivity index (χ0n) is 9.24. The average Bonchev–Trinajstić information content (AvgIpc) is 2.59. The zero-order valence-corrected chi connectivity index (χ0v) is 9.24. The Labute approximate surface area is 93.2 Å². The molecule has 1 N–H and O–H groups in total. The Morgan fingerprint density at radius 1 is 1.69 bits per heavy atom. The minimum absolute atomic E-state index is 0.196. The number of anilines is 1. The standard InChI is InChI=1S/C10H13N3O3/c1-3-15-9(14)4-5-12-10-8(6-11)13-7(2)16-10/h12H,3-5H2,1-2H3. The second-order valence-electron chi connectivity index (χ2n) is 3.00. The predicted octanol–water partition coefficient (Wildman–Crippen LogP) is 1.22. The van der Waals surface area contributed by atoms with E-state index < -0.39 is 0 Å². The molecule has 0 bridgehead atoms. The topological polar surface area (TPSA) is 88.2 Å². The fraction of sp³-hybridized carbons (Fsp3) is 0.500. The molecule has 0 radical (unpaired) electrons. The highest BCUT2D eigenvalue weighted by molar-refractivity contribution is 5.70. The number of carbonyl (C=O) groups is 1. The van der Waals surface area contributed by atoms with E-state index in [0.717, 1.165) is 0 Å². The Bertz CT molecular complexity index is 406. The summed E-state index contributed by atoms with van der Waals surface area (Å²) in [6, 6.07) is 1.90. The van der Waals surface area contributed by atoms with Crippen LogP contribution in [0.4, 0.5) is 5.88 Å². The van der Waals surface area contributed by atoms with E-state index in [1.54, 1.807) is 13.8 Å². The third kappa shape index (κ3) is 3.28. The van der Waals surface area contributed by atoms with Crippen LogP contribution in [-0.2, 0) is 9.53 Å². The molecule has 0 aliphatic heterocycles. The average molecular weight is 223 g/mol. The predicted molar refractivity (Wildman–Crippen MR) is 55.7 cm³/mol. The van der Waals surface area contributed by atoms with E-state index in [4.69, 9.17) is 14.4 Å². The number of hydrogen-bond donors (Lipinski definition) is 1. The van der Waals surface area contributed by atoms with Gasteiger partial charge >= 0.3 is 5.97 Å². The second-order valence-corrected chi connectivity index (χ2v) is 3.00. The Balaban J connectivity index is 2.43. The molecule has 0 aliphatic carbocycles. The first-order chi connectivity index (χ1) is 7.67. The van der Waals surface area contributed by atoms with Crippen molar-refractivity contribution in [2.45, 2.75) is 20.3 Å². The summed E-state index contributed by atoms with van der Waals surface area (Å²) in [4.78, 5) is 14.9. The third-order valence-corrected chi connectivity index (χ3v) is 1.76. The number of aromatic nitrogens is 1. The number of esters is 1. The van der Waals surface area contributed by atoms with Crippen molar-refractivity contribution in [2.24, 2.45) is 0 Å². The normalized spacial score (nSPS) is 9.56. The highest BCUT2D eigenvalue weighted by atomic mass is 16.5. The molecule has 6 heteroatoms. The maximum Gasteiger partial charge on any atom is 0.307 e. The van der Waals surface area contributed by atoms with Crippen molar-refractivity contribution in [3.05, 3.63) is 11.6 Å². The summed E-state index contributed by atoms with van der Waals surface area (Å²) in [5.74, 6) is 0.421. The number of nitrogens with zero attached hydrogens (tertiary/aromatic N) is 2. The molecule has 1 heterocycles. The van der Waals surface area contributed by atoms with Gasteiger partial charge < -0.3 is 14.5 Å². The van der Waals surface area contributed by atoms with Crippen molar-refractivity contribution >= 4 is 11.9 Å². The van der Waals surface area contributed by atoms with Gasteiger partial charge in [-0.1, -0.05) is 0 Å². The lowest BCUT2D eigenvalue weighted by Crippen LogP contribution is -2.11. The summed E-state index contributed by atoms with van der Waals surface area (Å²) in [7, 11) is 0. The number of nitriles is 1. The van der Waals surface area contributed by atoms with Crippen LogP contribution >= 0.6 is 0 Å². The number of aryl methyl sites for hydroxylation is 1. The molecule has 0 saturated heterocycles. The maximum absolute atomic E-state index is 11.0. The molecule has 0 unspecified atom stereocenters. The number of carbonyl (C=O) groups excluding carboxylic acids is 1. The summed E-state index contributed by atoms with van der Waals surface area (Å²) in [6.07, 6.45) is 0.221. The summed E-state index contributed by atoms with van der Waals surface area (Å²) in [5.41, 5.74) is 0.196. The monoisotopic (exact) mass is 223 g/mol. The van der Waals surface area contributed by atoms with Crippen LogP contribution in [0.2, 0.25) is 0 Å². The minimum Gasteiger partial charge on any atom is -0.466 e. The van der Waals surface area contributed by atoms with Crippen LogP contribution in [-0.4, -0.2) is 24.1 Å². The summed E-state index contributed by atoms with van der Waals surface area (Å²) in [5, 5.41) is 11.5. The van der Waals surface area contributed by atoms with E-state index in [9.17, 15) is 4.79 Å². The molecule has 0 aliphatic rings. The molecular formula is C10H13N3O3. The molecule has 86 valence electrons. The van der Waals surface area contributed by atoms with Crippen molar-refractivity contribution in [2.75, 3.05) is 18.5 Å². The summed E-state index contributed by atoms with van der Waals surface area (Å²) < 4.78 is 9.90. The van der Waals surface area contributed by atoms with Gasteiger partial charge in [0, 0.05) is 13.5 Å². The van der Waals surface area contributed by atoms with Crippen LogP contribution in [0.1, 0.15) is 24.9 Å². The molecule has 1 rings (SSSR count). The van der Waals surface area contributed by atoms with Crippen molar-refractivity contribution < 1.29 is 13.9 Å². The number of rotatable bonds is 5. The Hall–Kier alpha value is -2.03. The molecule has 0 saturated carbocycles. The van der Waals surface area contributed by atoms with Gasteiger partial charge in [0.1, 0.15) is 6.07 Å². The van der Waals surface area contributed by atoms with Gasteiger partial charge in [-0.3, -0.25) is 4.79 Å². The molecule has 6 nitrogen and oxygen atoms in total. The molecule has 0 spiro atoms. The number of ether oxygens (including phenoxy) is 1. The third-order valence-electron chi connectivity index (χ3n) is 1.76. The van der Waals surface area contributed by atoms with Gasteiger partial charge in [0.05, 0.1) is 13.0 Å². The lowest BCUT2D eigenvalue weighted by molar-refractivity contribution is -0.142. The smallest absolute Gasteiger partial charge is 0.307 e. The highest BCUT2D eigenvalue weighted by Crippen LogP contribution is 2.15. The number of oxazole rings is 1. The van der Waals surface area contributed by atoms with Gasteiger partial charge in [-0.15, -0.1) is 0 Å². The minimum atomic E-state index is -0.287. The van der Waals surface area contributed by atoms with Crippen LogP contribution < -0.4 is 5.32 Å². The Morgan fingerprint density at radius 3 is 3.06 bits per heavy atom. The number of nitrogens with one attached hydrogen (secondary N) is 1. The number of hydrogen-bond acceptors (Lipinski definition) is 6. The second kappa shape index (κ2) is 5.75. The van der Waals surface area contributed by atoms with Crippen molar-refractivity contribution in [3.8, 4) is 6.07 Å². The molecule has 16 heavy (non-hydrogen) atoms. The first-order valence-corrected chi connectivity index (χ1v) is 4.94. The molecular weight excluding hydrogens is 210 g/mol. The summed E-state index contributed by atoms with van der Waals surface area (Å²) >= 11 is 0. The fourth-order valence-corrected chi connectivity index (χ4v) is 1.13. The fourth-order valence-electron chi connectivity index (χ4n) is 1.13. The first kappa shape index (κ1) is 12.0. The van der Waals surface area contributed by atoms with Gasteiger partial charge in [-0.2, -0.15) is 5.26 Å².